The molecule has 104 valence electrons. The molecule has 6 heteroatoms. The fraction of sp³-hybridized carbons (Fsp3) is 0.462. The number of carbonyl (C=O) groups excluding carboxylic acids is 1. The van der Waals surface area contributed by atoms with E-state index in [2.05, 4.69) is 0 Å². The van der Waals surface area contributed by atoms with Gasteiger partial charge in [0, 0.05) is 0 Å². The summed E-state index contributed by atoms with van der Waals surface area (Å²) in [5.41, 5.74) is -1.74. The Morgan fingerprint density at radius 2 is 2.00 bits per heavy atom. The third kappa shape index (κ3) is 3.68. The zero-order valence-electron chi connectivity index (χ0n) is 9.97. The molecular formula is C13H12F4O2. The molecule has 0 aromatic heterocycles. The molecule has 1 saturated carbocycles. The van der Waals surface area contributed by atoms with Gasteiger partial charge in [-0.25, -0.2) is 9.18 Å². The fourth-order valence-electron chi connectivity index (χ4n) is 1.68. The van der Waals surface area contributed by atoms with Gasteiger partial charge in [-0.1, -0.05) is 12.8 Å². The van der Waals surface area contributed by atoms with Crippen LogP contribution in [0, 0.1) is 11.7 Å². The number of hydrogen-bond donors (Lipinski definition) is 0. The Morgan fingerprint density at radius 1 is 1.32 bits per heavy atom. The minimum absolute atomic E-state index is 0.183. The van der Waals surface area contributed by atoms with E-state index >= 15 is 0 Å². The predicted molar refractivity (Wildman–Crippen MR) is 59.0 cm³/mol. The van der Waals surface area contributed by atoms with E-state index in [0.717, 1.165) is 25.3 Å². The van der Waals surface area contributed by atoms with E-state index in [4.69, 9.17) is 4.74 Å². The van der Waals surface area contributed by atoms with Gasteiger partial charge in [0.25, 0.3) is 0 Å². The van der Waals surface area contributed by atoms with Crippen molar-refractivity contribution in [3.8, 4) is 0 Å². The molecule has 0 radical (unpaired) electrons. The summed E-state index contributed by atoms with van der Waals surface area (Å²) >= 11 is 0. The lowest BCUT2D eigenvalue weighted by Crippen LogP contribution is -2.12. The summed E-state index contributed by atoms with van der Waals surface area (Å²) in [6.45, 7) is 0.183. The molecule has 19 heavy (non-hydrogen) atoms. The second-order valence-electron chi connectivity index (χ2n) is 4.56. The van der Waals surface area contributed by atoms with E-state index in [9.17, 15) is 22.4 Å². The Hall–Kier alpha value is -1.59. The zero-order chi connectivity index (χ0) is 14.0. The number of ether oxygens (including phenoxy) is 1. The van der Waals surface area contributed by atoms with Crippen LogP contribution >= 0.6 is 0 Å². The molecule has 1 fully saturated rings. The lowest BCUT2D eigenvalue weighted by atomic mass is 10.1. The van der Waals surface area contributed by atoms with Crippen molar-refractivity contribution >= 4 is 5.97 Å². The molecule has 1 aromatic carbocycles. The zero-order valence-corrected chi connectivity index (χ0v) is 9.97. The van der Waals surface area contributed by atoms with Crippen molar-refractivity contribution in [3.63, 3.8) is 0 Å². The van der Waals surface area contributed by atoms with E-state index in [1.165, 1.54) is 0 Å². The van der Waals surface area contributed by atoms with Gasteiger partial charge in [0.15, 0.2) is 0 Å². The second kappa shape index (κ2) is 5.19. The minimum atomic E-state index is -4.83. The molecule has 1 aromatic rings. The highest BCUT2D eigenvalue weighted by atomic mass is 19.4. The highest BCUT2D eigenvalue weighted by molar-refractivity contribution is 5.89. The first kappa shape index (κ1) is 13.8. The first-order valence-corrected chi connectivity index (χ1v) is 5.92. The first-order chi connectivity index (χ1) is 8.88. The molecule has 0 amide bonds. The van der Waals surface area contributed by atoms with Crippen LogP contribution in [0.4, 0.5) is 17.6 Å². The van der Waals surface area contributed by atoms with E-state index in [-0.39, 0.29) is 12.2 Å². The summed E-state index contributed by atoms with van der Waals surface area (Å²) in [7, 11) is 0. The van der Waals surface area contributed by atoms with Gasteiger partial charge in [-0.05, 0) is 30.5 Å². The van der Waals surface area contributed by atoms with Gasteiger partial charge in [0.2, 0.25) is 0 Å². The van der Waals surface area contributed by atoms with Gasteiger partial charge in [0.1, 0.15) is 5.82 Å². The maximum Gasteiger partial charge on any atom is 0.419 e. The van der Waals surface area contributed by atoms with Gasteiger partial charge in [0.05, 0.1) is 17.7 Å². The topological polar surface area (TPSA) is 26.3 Å². The number of esters is 1. The van der Waals surface area contributed by atoms with Crippen LogP contribution < -0.4 is 0 Å². The summed E-state index contributed by atoms with van der Waals surface area (Å²) < 4.78 is 55.3. The first-order valence-electron chi connectivity index (χ1n) is 5.92. The molecule has 1 aliphatic carbocycles. The molecule has 2 nitrogen and oxygen atoms in total. The predicted octanol–water partition coefficient (Wildman–Crippen LogP) is 3.80. The Labute approximate surface area is 107 Å². The minimum Gasteiger partial charge on any atom is -0.462 e. The fourth-order valence-corrected chi connectivity index (χ4v) is 1.68. The number of carbonyl (C=O) groups is 1. The Morgan fingerprint density at radius 3 is 2.58 bits per heavy atom. The summed E-state index contributed by atoms with van der Waals surface area (Å²) in [5.74, 6) is -1.69. The van der Waals surface area contributed by atoms with Crippen molar-refractivity contribution in [2.24, 2.45) is 5.92 Å². The van der Waals surface area contributed by atoms with Gasteiger partial charge in [-0.3, -0.25) is 0 Å². The highest BCUT2D eigenvalue weighted by Gasteiger charge is 2.34. The van der Waals surface area contributed by atoms with Crippen LogP contribution in [0.5, 0.6) is 0 Å². The Balaban J connectivity index is 2.04. The number of alkyl halides is 3. The van der Waals surface area contributed by atoms with Crippen LogP contribution in [0.3, 0.4) is 0 Å². The molecule has 0 N–H and O–H groups in total. The van der Waals surface area contributed by atoms with Crippen LogP contribution in [-0.4, -0.2) is 12.6 Å². The number of benzene rings is 1. The molecule has 0 atom stereocenters. The summed E-state index contributed by atoms with van der Waals surface area (Å²) in [6.07, 6.45) is -1.90. The summed E-state index contributed by atoms with van der Waals surface area (Å²) in [5, 5.41) is 0. The second-order valence-corrected chi connectivity index (χ2v) is 4.56. The third-order valence-electron chi connectivity index (χ3n) is 2.96. The summed E-state index contributed by atoms with van der Waals surface area (Å²) in [6, 6.07) is 2.10. The lowest BCUT2D eigenvalue weighted by molar-refractivity contribution is -0.140. The molecule has 0 unspecified atom stereocenters. The molecule has 1 aliphatic rings. The number of hydrogen-bond acceptors (Lipinski definition) is 2. The van der Waals surface area contributed by atoms with Gasteiger partial charge in [-0.15, -0.1) is 0 Å². The van der Waals surface area contributed by atoms with Gasteiger partial charge in [-0.2, -0.15) is 13.2 Å². The van der Waals surface area contributed by atoms with Crippen LogP contribution in [-0.2, 0) is 10.9 Å². The molecule has 0 bridgehead atoms. The molecule has 2 rings (SSSR count). The maximum atomic E-state index is 13.0. The van der Waals surface area contributed by atoms with Crippen molar-refractivity contribution in [1.29, 1.82) is 0 Å². The van der Waals surface area contributed by atoms with Crippen molar-refractivity contribution in [3.05, 3.63) is 35.1 Å². The van der Waals surface area contributed by atoms with Crippen LogP contribution in [0.15, 0.2) is 18.2 Å². The Bertz CT molecular complexity index is 478. The average Bonchev–Trinajstić information content (AvgIpc) is 3.12. The molecule has 0 spiro atoms. The highest BCUT2D eigenvalue weighted by Crippen LogP contribution is 2.33. The molecule has 0 aliphatic heterocycles. The number of rotatable bonds is 4. The van der Waals surface area contributed by atoms with E-state index in [1.54, 1.807) is 0 Å². The van der Waals surface area contributed by atoms with E-state index in [0.29, 0.717) is 18.1 Å². The molecular weight excluding hydrogens is 264 g/mol. The van der Waals surface area contributed by atoms with E-state index < -0.39 is 23.5 Å². The van der Waals surface area contributed by atoms with Gasteiger partial charge < -0.3 is 4.74 Å². The molecule has 0 heterocycles. The third-order valence-corrected chi connectivity index (χ3v) is 2.96. The Kier molecular flexibility index (Phi) is 3.78. The quantitative estimate of drug-likeness (QED) is 0.617. The smallest absolute Gasteiger partial charge is 0.419 e. The van der Waals surface area contributed by atoms with Crippen LogP contribution in [0.1, 0.15) is 35.2 Å². The standard InChI is InChI=1S/C13H12F4O2/c14-11-4-3-9(7-10(11)13(15,16)17)12(18)19-6-5-8-1-2-8/h3-4,7-8H,1-2,5-6H2. The SMILES string of the molecule is O=C(OCCC1CC1)c1ccc(F)c(C(F)(F)F)c1. The number of halogens is 4. The van der Waals surface area contributed by atoms with Crippen molar-refractivity contribution in [2.45, 2.75) is 25.4 Å². The van der Waals surface area contributed by atoms with Crippen LogP contribution in [0.2, 0.25) is 0 Å². The monoisotopic (exact) mass is 276 g/mol. The van der Waals surface area contributed by atoms with Crippen molar-refractivity contribution in [1.82, 2.24) is 0 Å². The van der Waals surface area contributed by atoms with Crippen LogP contribution in [0.25, 0.3) is 0 Å². The van der Waals surface area contributed by atoms with Crippen molar-refractivity contribution in [2.75, 3.05) is 6.61 Å². The molecule has 0 saturated heterocycles. The van der Waals surface area contributed by atoms with E-state index in [1.807, 2.05) is 0 Å². The van der Waals surface area contributed by atoms with Crippen molar-refractivity contribution < 1.29 is 27.1 Å². The average molecular weight is 276 g/mol. The largest absolute Gasteiger partial charge is 0.462 e. The normalized spacial score (nSPS) is 15.4. The van der Waals surface area contributed by atoms with Gasteiger partial charge >= 0.3 is 12.1 Å². The lowest BCUT2D eigenvalue weighted by Gasteiger charge is -2.10. The maximum absolute atomic E-state index is 13.0. The summed E-state index contributed by atoms with van der Waals surface area (Å²) in [4.78, 5) is 11.5.